The highest BCUT2D eigenvalue weighted by Gasteiger charge is 2.22. The summed E-state index contributed by atoms with van der Waals surface area (Å²) in [5.41, 5.74) is 2.70. The first-order valence-corrected chi connectivity index (χ1v) is 13.3. The maximum absolute atomic E-state index is 13.5. The Morgan fingerprint density at radius 2 is 1.82 bits per heavy atom. The van der Waals surface area contributed by atoms with Crippen molar-refractivity contribution in [3.63, 3.8) is 0 Å². The van der Waals surface area contributed by atoms with E-state index in [2.05, 4.69) is 35.9 Å². The van der Waals surface area contributed by atoms with Crippen LogP contribution >= 0.6 is 11.6 Å². The van der Waals surface area contributed by atoms with Crippen molar-refractivity contribution in [2.75, 3.05) is 17.2 Å². The van der Waals surface area contributed by atoms with Crippen molar-refractivity contribution in [3.05, 3.63) is 77.5 Å². The quantitative estimate of drug-likeness (QED) is 0.224. The molecule has 1 aliphatic carbocycles. The summed E-state index contributed by atoms with van der Waals surface area (Å²) in [6.07, 6.45) is 7.27. The van der Waals surface area contributed by atoms with Gasteiger partial charge in [-0.25, -0.2) is 24.3 Å². The Labute approximate surface area is 230 Å². The van der Waals surface area contributed by atoms with Gasteiger partial charge in [0.05, 0.1) is 17.6 Å². The van der Waals surface area contributed by atoms with E-state index in [4.69, 9.17) is 16.3 Å². The van der Waals surface area contributed by atoms with Crippen molar-refractivity contribution < 1.29 is 13.9 Å². The zero-order chi connectivity index (χ0) is 27.0. The van der Waals surface area contributed by atoms with E-state index in [1.807, 2.05) is 30.3 Å². The van der Waals surface area contributed by atoms with Crippen LogP contribution in [0.1, 0.15) is 37.7 Å². The van der Waals surface area contributed by atoms with Crippen molar-refractivity contribution in [2.45, 2.75) is 50.8 Å². The largest absolute Gasteiger partial charge is 0.461 e. The maximum Gasteiger partial charge on any atom is 0.307 e. The number of nitrogens with zero attached hydrogens (tertiary/aromatic N) is 4. The van der Waals surface area contributed by atoms with E-state index in [9.17, 15) is 9.18 Å². The molecule has 11 heteroatoms. The molecule has 2 heterocycles. The summed E-state index contributed by atoms with van der Waals surface area (Å²) < 4.78 is 18.9. The molecule has 0 amide bonds. The van der Waals surface area contributed by atoms with Crippen molar-refractivity contribution in [3.8, 4) is 0 Å². The van der Waals surface area contributed by atoms with Crippen LogP contribution in [0.25, 0.3) is 11.0 Å². The fourth-order valence-electron chi connectivity index (χ4n) is 4.54. The molecule has 0 aliphatic heterocycles. The summed E-state index contributed by atoms with van der Waals surface area (Å²) in [6, 6.07) is 14.6. The lowest BCUT2D eigenvalue weighted by atomic mass is 9.91. The molecule has 2 aromatic carbocycles. The van der Waals surface area contributed by atoms with E-state index < -0.39 is 5.82 Å². The molecule has 4 aromatic rings. The lowest BCUT2D eigenvalue weighted by Gasteiger charge is -2.29. The molecule has 0 atom stereocenters. The van der Waals surface area contributed by atoms with Crippen molar-refractivity contribution in [1.29, 1.82) is 0 Å². The first kappa shape index (κ1) is 26.7. The molecule has 0 spiro atoms. The molecule has 1 fully saturated rings. The van der Waals surface area contributed by atoms with E-state index in [0.29, 0.717) is 54.1 Å². The number of aromatic nitrogens is 4. The highest BCUT2D eigenvalue weighted by atomic mass is 35.5. The SMILES string of the molecule is O=C(CCNC1CCC(Nc2ncc3ncnc(Nc4ccc(F)c(Cl)c4)c3n2)CC1)OCc1ccccc1. The lowest BCUT2D eigenvalue weighted by Crippen LogP contribution is -2.38. The minimum Gasteiger partial charge on any atom is -0.461 e. The van der Waals surface area contributed by atoms with Crippen LogP contribution in [0.5, 0.6) is 0 Å². The molecule has 5 rings (SSSR count). The van der Waals surface area contributed by atoms with Crippen molar-refractivity contribution in [1.82, 2.24) is 25.3 Å². The van der Waals surface area contributed by atoms with Gasteiger partial charge in [0.25, 0.3) is 0 Å². The van der Waals surface area contributed by atoms with E-state index in [1.54, 1.807) is 12.3 Å². The number of nitrogens with one attached hydrogen (secondary N) is 3. The molecule has 0 saturated heterocycles. The van der Waals surface area contributed by atoms with E-state index in [1.165, 1.54) is 18.5 Å². The minimum absolute atomic E-state index is 0.0171. The molecule has 202 valence electrons. The summed E-state index contributed by atoms with van der Waals surface area (Å²) in [7, 11) is 0. The third-order valence-corrected chi connectivity index (χ3v) is 6.91. The molecule has 9 nitrogen and oxygen atoms in total. The summed E-state index contributed by atoms with van der Waals surface area (Å²) in [5, 5.41) is 10.1. The monoisotopic (exact) mass is 549 g/mol. The number of anilines is 3. The van der Waals surface area contributed by atoms with Crippen LogP contribution in [0, 0.1) is 5.82 Å². The Hall–Kier alpha value is -3.89. The number of halogens is 2. The summed E-state index contributed by atoms with van der Waals surface area (Å²) in [6.45, 7) is 0.900. The summed E-state index contributed by atoms with van der Waals surface area (Å²) in [4.78, 5) is 29.7. The van der Waals surface area contributed by atoms with Crippen LogP contribution in [0.15, 0.2) is 61.1 Å². The average Bonchev–Trinajstić information content (AvgIpc) is 2.96. The normalized spacial score (nSPS) is 17.1. The Morgan fingerprint density at radius 1 is 1.03 bits per heavy atom. The number of fused-ring (bicyclic) bond motifs is 1. The Bertz CT molecular complexity index is 1420. The summed E-state index contributed by atoms with van der Waals surface area (Å²) >= 11 is 5.91. The second kappa shape index (κ2) is 12.8. The number of benzene rings is 2. The second-order valence-electron chi connectivity index (χ2n) is 9.45. The van der Waals surface area contributed by atoms with Gasteiger partial charge >= 0.3 is 5.97 Å². The topological polar surface area (TPSA) is 114 Å². The van der Waals surface area contributed by atoms with Crippen molar-refractivity contribution in [2.24, 2.45) is 0 Å². The van der Waals surface area contributed by atoms with E-state index in [0.717, 1.165) is 31.2 Å². The number of carbonyl (C=O) groups is 1. The molecule has 1 saturated carbocycles. The first-order valence-electron chi connectivity index (χ1n) is 12.9. The number of carbonyl (C=O) groups excluding carboxylic acids is 1. The Balaban J connectivity index is 1.09. The number of ether oxygens (including phenoxy) is 1. The van der Waals surface area contributed by atoms with Gasteiger partial charge in [-0.3, -0.25) is 4.79 Å². The van der Waals surface area contributed by atoms with Gasteiger partial charge in [-0.05, 0) is 49.4 Å². The lowest BCUT2D eigenvalue weighted by molar-refractivity contribution is -0.144. The molecule has 0 radical (unpaired) electrons. The number of hydrogen-bond acceptors (Lipinski definition) is 9. The van der Waals surface area contributed by atoms with Gasteiger partial charge in [0.15, 0.2) is 5.82 Å². The minimum atomic E-state index is -0.491. The average molecular weight is 550 g/mol. The molecule has 1 aliphatic rings. The Kier molecular flexibility index (Phi) is 8.75. The van der Waals surface area contributed by atoms with Crippen LogP contribution < -0.4 is 16.0 Å². The second-order valence-corrected chi connectivity index (χ2v) is 9.85. The van der Waals surface area contributed by atoms with E-state index in [-0.39, 0.29) is 17.0 Å². The molecular formula is C28H29ClFN7O2. The van der Waals surface area contributed by atoms with Gasteiger partial charge in [-0.1, -0.05) is 41.9 Å². The van der Waals surface area contributed by atoms with Gasteiger partial charge < -0.3 is 20.7 Å². The van der Waals surface area contributed by atoms with Gasteiger partial charge in [-0.15, -0.1) is 0 Å². The van der Waals surface area contributed by atoms with Gasteiger partial charge in [0.1, 0.15) is 29.8 Å². The Morgan fingerprint density at radius 3 is 2.62 bits per heavy atom. The number of rotatable bonds is 10. The first-order chi connectivity index (χ1) is 19.0. The molecule has 0 unspecified atom stereocenters. The molecular weight excluding hydrogens is 521 g/mol. The highest BCUT2D eigenvalue weighted by Crippen LogP contribution is 2.26. The predicted molar refractivity (Wildman–Crippen MR) is 148 cm³/mol. The molecule has 0 bridgehead atoms. The molecule has 2 aromatic heterocycles. The fourth-order valence-corrected chi connectivity index (χ4v) is 4.72. The van der Waals surface area contributed by atoms with Gasteiger partial charge in [0, 0.05) is 24.3 Å². The number of esters is 1. The van der Waals surface area contributed by atoms with Crippen LogP contribution in [0.3, 0.4) is 0 Å². The zero-order valence-electron chi connectivity index (χ0n) is 21.2. The van der Waals surface area contributed by atoms with Crippen LogP contribution in [-0.2, 0) is 16.1 Å². The van der Waals surface area contributed by atoms with Crippen LogP contribution in [0.2, 0.25) is 5.02 Å². The highest BCUT2D eigenvalue weighted by molar-refractivity contribution is 6.31. The van der Waals surface area contributed by atoms with Crippen molar-refractivity contribution >= 4 is 46.1 Å². The summed E-state index contributed by atoms with van der Waals surface area (Å²) in [5.74, 6) is 0.281. The third kappa shape index (κ3) is 7.36. The van der Waals surface area contributed by atoms with E-state index >= 15 is 0 Å². The predicted octanol–water partition coefficient (Wildman–Crippen LogP) is 5.40. The third-order valence-electron chi connectivity index (χ3n) is 6.62. The zero-order valence-corrected chi connectivity index (χ0v) is 22.0. The van der Waals surface area contributed by atoms with Gasteiger partial charge in [0.2, 0.25) is 5.95 Å². The standard InChI is InChI=1S/C28H29ClFN7O2/c29-22-14-21(10-11-23(22)30)35-27-26-24(33-17-34-27)15-32-28(37-26)36-20-8-6-19(7-9-20)31-13-12-25(38)39-16-18-4-2-1-3-5-18/h1-5,10-11,14-15,17,19-20,31H,6-9,12-13,16H2,(H,32,36,37)(H,33,34,35). The molecule has 3 N–H and O–H groups in total. The van der Waals surface area contributed by atoms with Gasteiger partial charge in [-0.2, -0.15) is 0 Å². The number of hydrogen-bond donors (Lipinski definition) is 3. The fraction of sp³-hybridized carbons (Fsp3) is 0.321. The maximum atomic E-state index is 13.5. The smallest absolute Gasteiger partial charge is 0.307 e. The van der Waals surface area contributed by atoms with Crippen LogP contribution in [-0.4, -0.2) is 44.5 Å². The van der Waals surface area contributed by atoms with Crippen LogP contribution in [0.4, 0.5) is 21.8 Å². The molecule has 39 heavy (non-hydrogen) atoms.